The van der Waals surface area contributed by atoms with Crippen molar-refractivity contribution in [2.75, 3.05) is 0 Å². The summed E-state index contributed by atoms with van der Waals surface area (Å²) in [6, 6.07) is 10.5. The molecule has 0 amide bonds. The van der Waals surface area contributed by atoms with Crippen LogP contribution in [0.4, 0.5) is 0 Å². The van der Waals surface area contributed by atoms with E-state index in [0.29, 0.717) is 0 Å². The van der Waals surface area contributed by atoms with Crippen LogP contribution >= 0.6 is 22.7 Å². The zero-order valence-corrected chi connectivity index (χ0v) is 9.98. The molecule has 3 aromatic rings. The lowest BCUT2D eigenvalue weighted by molar-refractivity contribution is 0.112. The molecule has 0 fully saturated rings. The number of fused-ring (bicyclic) bond motifs is 1. The minimum Gasteiger partial charge on any atom is -0.297 e. The molecule has 3 heteroatoms. The minimum atomic E-state index is 0.778. The van der Waals surface area contributed by atoms with Gasteiger partial charge in [0.25, 0.3) is 0 Å². The van der Waals surface area contributed by atoms with Crippen LogP contribution in [-0.4, -0.2) is 6.29 Å². The lowest BCUT2D eigenvalue weighted by Gasteiger charge is -1.97. The summed E-state index contributed by atoms with van der Waals surface area (Å²) in [6.07, 6.45) is 0.900. The van der Waals surface area contributed by atoms with Crippen molar-refractivity contribution in [1.29, 1.82) is 0 Å². The van der Waals surface area contributed by atoms with E-state index in [9.17, 15) is 4.79 Å². The van der Waals surface area contributed by atoms with E-state index < -0.39 is 0 Å². The number of benzene rings is 1. The van der Waals surface area contributed by atoms with E-state index in [-0.39, 0.29) is 0 Å². The molecule has 0 saturated heterocycles. The first-order valence-electron chi connectivity index (χ1n) is 4.88. The summed E-state index contributed by atoms with van der Waals surface area (Å²) in [7, 11) is 0. The molecule has 0 bridgehead atoms. The first-order valence-corrected chi connectivity index (χ1v) is 6.64. The molecule has 0 saturated carbocycles. The van der Waals surface area contributed by atoms with E-state index in [1.165, 1.54) is 27.0 Å². The molecular weight excluding hydrogens is 236 g/mol. The number of thiophene rings is 2. The monoisotopic (exact) mass is 244 g/mol. The molecule has 2 heterocycles. The molecule has 78 valence electrons. The fourth-order valence-corrected chi connectivity index (χ4v) is 3.20. The summed E-state index contributed by atoms with van der Waals surface area (Å²) in [5, 5.41) is 5.39. The molecule has 3 rings (SSSR count). The molecule has 0 aliphatic heterocycles. The molecular formula is C13H8OS2. The Morgan fingerprint density at radius 3 is 2.75 bits per heavy atom. The van der Waals surface area contributed by atoms with Gasteiger partial charge in [0.15, 0.2) is 6.29 Å². The Labute approximate surface area is 101 Å². The highest BCUT2D eigenvalue weighted by Gasteiger charge is 2.03. The number of hydrogen-bond donors (Lipinski definition) is 0. The summed E-state index contributed by atoms with van der Waals surface area (Å²) in [5.74, 6) is 0. The lowest BCUT2D eigenvalue weighted by atomic mass is 10.1. The van der Waals surface area contributed by atoms with Gasteiger partial charge in [-0.25, -0.2) is 0 Å². The summed E-state index contributed by atoms with van der Waals surface area (Å²) in [6.45, 7) is 0. The van der Waals surface area contributed by atoms with Gasteiger partial charge in [0.05, 0.1) is 4.88 Å². The van der Waals surface area contributed by atoms with Crippen LogP contribution in [0.2, 0.25) is 0 Å². The van der Waals surface area contributed by atoms with Gasteiger partial charge in [-0.1, -0.05) is 6.07 Å². The molecule has 0 aliphatic carbocycles. The van der Waals surface area contributed by atoms with Crippen molar-refractivity contribution in [2.45, 2.75) is 0 Å². The molecule has 0 spiro atoms. The molecule has 1 aromatic carbocycles. The maximum Gasteiger partial charge on any atom is 0.160 e. The molecule has 16 heavy (non-hydrogen) atoms. The van der Waals surface area contributed by atoms with Crippen LogP contribution in [0.1, 0.15) is 9.67 Å². The predicted molar refractivity (Wildman–Crippen MR) is 70.5 cm³/mol. The second-order valence-electron chi connectivity index (χ2n) is 3.53. The summed E-state index contributed by atoms with van der Waals surface area (Å²) in [4.78, 5) is 11.4. The Kier molecular flexibility index (Phi) is 2.35. The molecule has 2 aromatic heterocycles. The van der Waals surface area contributed by atoms with Gasteiger partial charge in [0.1, 0.15) is 0 Å². The van der Waals surface area contributed by atoms with Gasteiger partial charge >= 0.3 is 0 Å². The summed E-state index contributed by atoms with van der Waals surface area (Å²) >= 11 is 3.23. The third-order valence-corrected chi connectivity index (χ3v) is 4.28. The zero-order chi connectivity index (χ0) is 11.0. The van der Waals surface area contributed by atoms with Crippen molar-refractivity contribution in [3.63, 3.8) is 0 Å². The number of carbonyl (C=O) groups is 1. The Bertz CT molecular complexity index is 649. The quantitative estimate of drug-likeness (QED) is 0.609. The Hall–Kier alpha value is -1.45. The van der Waals surface area contributed by atoms with Crippen LogP contribution < -0.4 is 0 Å². The minimum absolute atomic E-state index is 0.778. The number of rotatable bonds is 2. The molecule has 0 N–H and O–H groups in total. The standard InChI is InChI=1S/C13H8OS2/c14-7-12-6-11(8-16-12)9-1-2-13-10(5-9)3-4-15-13/h1-8H. The fourth-order valence-electron chi connectivity index (χ4n) is 1.71. The van der Waals surface area contributed by atoms with Crippen LogP contribution in [0.3, 0.4) is 0 Å². The van der Waals surface area contributed by atoms with Gasteiger partial charge < -0.3 is 0 Å². The van der Waals surface area contributed by atoms with Crippen molar-refractivity contribution in [1.82, 2.24) is 0 Å². The van der Waals surface area contributed by atoms with Gasteiger partial charge in [0, 0.05) is 4.70 Å². The lowest BCUT2D eigenvalue weighted by Crippen LogP contribution is -1.73. The third kappa shape index (κ3) is 1.58. The SMILES string of the molecule is O=Cc1cc(-c2ccc3sccc3c2)cs1. The normalized spacial score (nSPS) is 10.8. The first kappa shape index (κ1) is 9.75. The van der Waals surface area contributed by atoms with Gasteiger partial charge in [-0.2, -0.15) is 0 Å². The van der Waals surface area contributed by atoms with Crippen molar-refractivity contribution in [3.8, 4) is 11.1 Å². The molecule has 0 atom stereocenters. The van der Waals surface area contributed by atoms with Crippen molar-refractivity contribution < 1.29 is 4.79 Å². The molecule has 0 aliphatic rings. The summed E-state index contributed by atoms with van der Waals surface area (Å²) in [5.41, 5.74) is 2.30. The first-order chi connectivity index (χ1) is 7.86. The molecule has 0 unspecified atom stereocenters. The Morgan fingerprint density at radius 2 is 1.94 bits per heavy atom. The van der Waals surface area contributed by atoms with Crippen LogP contribution in [0.25, 0.3) is 21.2 Å². The van der Waals surface area contributed by atoms with Gasteiger partial charge in [-0.3, -0.25) is 4.79 Å². The van der Waals surface area contributed by atoms with Crippen LogP contribution in [-0.2, 0) is 0 Å². The molecule has 0 radical (unpaired) electrons. The number of carbonyl (C=O) groups excluding carboxylic acids is 1. The van der Waals surface area contributed by atoms with E-state index in [1.54, 1.807) is 11.3 Å². The van der Waals surface area contributed by atoms with E-state index >= 15 is 0 Å². The van der Waals surface area contributed by atoms with Crippen molar-refractivity contribution in [3.05, 3.63) is 46.0 Å². The van der Waals surface area contributed by atoms with E-state index in [2.05, 4.69) is 29.6 Å². The second kappa shape index (κ2) is 3.85. The highest BCUT2D eigenvalue weighted by Crippen LogP contribution is 2.29. The average Bonchev–Trinajstić information content (AvgIpc) is 2.96. The highest BCUT2D eigenvalue weighted by molar-refractivity contribution is 7.17. The van der Waals surface area contributed by atoms with Gasteiger partial charge in [-0.15, -0.1) is 22.7 Å². The molecule has 1 nitrogen and oxygen atoms in total. The maximum absolute atomic E-state index is 10.6. The van der Waals surface area contributed by atoms with Crippen LogP contribution in [0.15, 0.2) is 41.1 Å². The average molecular weight is 244 g/mol. The number of aldehydes is 1. The summed E-state index contributed by atoms with van der Waals surface area (Å²) < 4.78 is 1.30. The third-order valence-electron chi connectivity index (χ3n) is 2.52. The largest absolute Gasteiger partial charge is 0.297 e. The van der Waals surface area contributed by atoms with E-state index in [4.69, 9.17) is 0 Å². The van der Waals surface area contributed by atoms with Gasteiger partial charge in [-0.05, 0) is 51.5 Å². The van der Waals surface area contributed by atoms with Crippen LogP contribution in [0, 0.1) is 0 Å². The maximum atomic E-state index is 10.6. The van der Waals surface area contributed by atoms with E-state index in [0.717, 1.165) is 16.7 Å². The zero-order valence-electron chi connectivity index (χ0n) is 8.34. The van der Waals surface area contributed by atoms with Crippen molar-refractivity contribution >= 4 is 39.0 Å². The van der Waals surface area contributed by atoms with Crippen LogP contribution in [0.5, 0.6) is 0 Å². The van der Waals surface area contributed by atoms with E-state index in [1.807, 2.05) is 11.4 Å². The smallest absolute Gasteiger partial charge is 0.160 e. The fraction of sp³-hybridized carbons (Fsp3) is 0. The Balaban J connectivity index is 2.13. The topological polar surface area (TPSA) is 17.1 Å². The van der Waals surface area contributed by atoms with Gasteiger partial charge in [0.2, 0.25) is 0 Å². The second-order valence-corrected chi connectivity index (χ2v) is 5.42. The Morgan fingerprint density at radius 1 is 1.00 bits per heavy atom. The number of hydrogen-bond acceptors (Lipinski definition) is 3. The highest BCUT2D eigenvalue weighted by atomic mass is 32.1. The van der Waals surface area contributed by atoms with Crippen molar-refractivity contribution in [2.24, 2.45) is 0 Å². The predicted octanol–water partition coefficient (Wildman–Crippen LogP) is 4.44.